The standard InChI is InChI=1S/C10H17NO3/c1-5-9(4)11(6-7-12)10(13)14-8(2)3/h5,7-9H,1,6H2,2-4H3. The molecule has 0 aliphatic rings. The molecule has 1 atom stereocenters. The second kappa shape index (κ2) is 6.18. The van der Waals surface area contributed by atoms with Gasteiger partial charge in [-0.25, -0.2) is 4.79 Å². The molecule has 1 unspecified atom stereocenters. The van der Waals surface area contributed by atoms with Gasteiger partial charge >= 0.3 is 6.09 Å². The molecule has 0 aromatic heterocycles. The Bertz CT molecular complexity index is 213. The lowest BCUT2D eigenvalue weighted by atomic mass is 10.3. The molecule has 0 spiro atoms. The molecule has 0 N–H and O–H groups in total. The highest BCUT2D eigenvalue weighted by Gasteiger charge is 2.19. The topological polar surface area (TPSA) is 46.6 Å². The molecule has 0 fully saturated rings. The predicted molar refractivity (Wildman–Crippen MR) is 54.0 cm³/mol. The van der Waals surface area contributed by atoms with Gasteiger partial charge in [-0.05, 0) is 20.8 Å². The molecular formula is C10H17NO3. The maximum Gasteiger partial charge on any atom is 0.410 e. The van der Waals surface area contributed by atoms with Gasteiger partial charge in [0.2, 0.25) is 0 Å². The number of hydrogen-bond acceptors (Lipinski definition) is 3. The number of rotatable bonds is 5. The zero-order chi connectivity index (χ0) is 11.1. The molecule has 0 bridgehead atoms. The van der Waals surface area contributed by atoms with E-state index in [1.54, 1.807) is 26.8 Å². The number of amides is 1. The van der Waals surface area contributed by atoms with Crippen LogP contribution in [0.15, 0.2) is 12.7 Å². The molecule has 0 saturated heterocycles. The summed E-state index contributed by atoms with van der Waals surface area (Å²) in [6.45, 7) is 8.88. The molecule has 0 saturated carbocycles. The molecule has 0 heterocycles. The van der Waals surface area contributed by atoms with E-state index in [9.17, 15) is 9.59 Å². The number of carbonyl (C=O) groups is 2. The lowest BCUT2D eigenvalue weighted by Crippen LogP contribution is -2.40. The zero-order valence-corrected chi connectivity index (χ0v) is 8.90. The van der Waals surface area contributed by atoms with Crippen LogP contribution in [0.25, 0.3) is 0 Å². The third kappa shape index (κ3) is 4.07. The van der Waals surface area contributed by atoms with E-state index in [1.807, 2.05) is 0 Å². The highest BCUT2D eigenvalue weighted by molar-refractivity contribution is 5.72. The van der Waals surface area contributed by atoms with Gasteiger partial charge in [0.05, 0.1) is 18.7 Å². The summed E-state index contributed by atoms with van der Waals surface area (Å²) in [5.74, 6) is 0. The van der Waals surface area contributed by atoms with Crippen LogP contribution < -0.4 is 0 Å². The van der Waals surface area contributed by atoms with Crippen LogP contribution in [-0.2, 0) is 9.53 Å². The van der Waals surface area contributed by atoms with E-state index in [2.05, 4.69) is 6.58 Å². The van der Waals surface area contributed by atoms with Crippen molar-refractivity contribution in [3.63, 3.8) is 0 Å². The average Bonchev–Trinajstić information content (AvgIpc) is 2.11. The summed E-state index contributed by atoms with van der Waals surface area (Å²) in [6, 6.07) is -0.202. The van der Waals surface area contributed by atoms with Gasteiger partial charge in [-0.3, -0.25) is 4.90 Å². The molecule has 1 amide bonds. The number of carbonyl (C=O) groups excluding carboxylic acids is 2. The third-order valence-corrected chi connectivity index (χ3v) is 1.67. The van der Waals surface area contributed by atoms with Crippen molar-refractivity contribution in [2.75, 3.05) is 6.54 Å². The fourth-order valence-electron chi connectivity index (χ4n) is 0.884. The van der Waals surface area contributed by atoms with Crippen molar-refractivity contribution in [1.82, 2.24) is 4.90 Å². The Balaban J connectivity index is 4.39. The molecule has 0 aliphatic carbocycles. The molecule has 4 nitrogen and oxygen atoms in total. The van der Waals surface area contributed by atoms with Crippen molar-refractivity contribution in [1.29, 1.82) is 0 Å². The first-order valence-corrected chi connectivity index (χ1v) is 4.56. The third-order valence-electron chi connectivity index (χ3n) is 1.67. The minimum Gasteiger partial charge on any atom is -0.447 e. The molecule has 0 rings (SSSR count). The van der Waals surface area contributed by atoms with Crippen molar-refractivity contribution < 1.29 is 14.3 Å². The van der Waals surface area contributed by atoms with Crippen molar-refractivity contribution in [2.24, 2.45) is 0 Å². The molecule has 0 radical (unpaired) electrons. The van der Waals surface area contributed by atoms with Crippen LogP contribution in [0, 0.1) is 0 Å². The highest BCUT2D eigenvalue weighted by Crippen LogP contribution is 2.04. The van der Waals surface area contributed by atoms with Crippen molar-refractivity contribution in [2.45, 2.75) is 32.9 Å². The van der Waals surface area contributed by atoms with E-state index < -0.39 is 6.09 Å². The Morgan fingerprint density at radius 3 is 2.43 bits per heavy atom. The number of hydrogen-bond donors (Lipinski definition) is 0. The van der Waals surface area contributed by atoms with Gasteiger partial charge in [0.25, 0.3) is 0 Å². The van der Waals surface area contributed by atoms with E-state index in [0.717, 1.165) is 0 Å². The average molecular weight is 199 g/mol. The fraction of sp³-hybridized carbons (Fsp3) is 0.600. The van der Waals surface area contributed by atoms with Crippen molar-refractivity contribution in [3.8, 4) is 0 Å². The van der Waals surface area contributed by atoms with Crippen LogP contribution in [0.5, 0.6) is 0 Å². The normalized spacial score (nSPS) is 12.0. The minimum absolute atomic E-state index is 0.0265. The van der Waals surface area contributed by atoms with Gasteiger partial charge in [0.15, 0.2) is 0 Å². The van der Waals surface area contributed by atoms with Gasteiger partial charge in [-0.1, -0.05) is 6.08 Å². The number of nitrogens with zero attached hydrogens (tertiary/aromatic N) is 1. The monoisotopic (exact) mass is 199 g/mol. The first-order chi connectivity index (χ1) is 6.52. The fourth-order valence-corrected chi connectivity index (χ4v) is 0.884. The van der Waals surface area contributed by atoms with Crippen molar-refractivity contribution in [3.05, 3.63) is 12.7 Å². The Hall–Kier alpha value is -1.32. The van der Waals surface area contributed by atoms with Crippen LogP contribution >= 0.6 is 0 Å². The lowest BCUT2D eigenvalue weighted by molar-refractivity contribution is -0.109. The maximum absolute atomic E-state index is 11.4. The summed E-state index contributed by atoms with van der Waals surface area (Å²) >= 11 is 0. The van der Waals surface area contributed by atoms with Crippen LogP contribution in [0.2, 0.25) is 0 Å². The quantitative estimate of drug-likeness (QED) is 0.499. The highest BCUT2D eigenvalue weighted by atomic mass is 16.6. The molecular weight excluding hydrogens is 182 g/mol. The second-order valence-corrected chi connectivity index (χ2v) is 3.23. The molecule has 0 aromatic carbocycles. The second-order valence-electron chi connectivity index (χ2n) is 3.23. The summed E-state index contributed by atoms with van der Waals surface area (Å²) in [6.07, 6.45) is 1.58. The van der Waals surface area contributed by atoms with E-state index in [1.165, 1.54) is 4.90 Å². The first kappa shape index (κ1) is 12.7. The lowest BCUT2D eigenvalue weighted by Gasteiger charge is -2.25. The van der Waals surface area contributed by atoms with Gasteiger partial charge in [0.1, 0.15) is 6.29 Å². The van der Waals surface area contributed by atoms with Crippen LogP contribution in [0.4, 0.5) is 4.79 Å². The molecule has 80 valence electrons. The zero-order valence-electron chi connectivity index (χ0n) is 8.90. The van der Waals surface area contributed by atoms with Gasteiger partial charge in [-0.2, -0.15) is 0 Å². The Morgan fingerprint density at radius 1 is 1.50 bits per heavy atom. The van der Waals surface area contributed by atoms with Crippen LogP contribution in [-0.4, -0.2) is 36.0 Å². The summed E-state index contributed by atoms with van der Waals surface area (Å²) in [4.78, 5) is 23.1. The summed E-state index contributed by atoms with van der Waals surface area (Å²) in [7, 11) is 0. The largest absolute Gasteiger partial charge is 0.447 e. The van der Waals surface area contributed by atoms with Crippen molar-refractivity contribution >= 4 is 12.4 Å². The smallest absolute Gasteiger partial charge is 0.410 e. The summed E-state index contributed by atoms with van der Waals surface area (Å²) in [5.41, 5.74) is 0. The van der Waals surface area contributed by atoms with Gasteiger partial charge in [0, 0.05) is 0 Å². The van der Waals surface area contributed by atoms with Crippen LogP contribution in [0.3, 0.4) is 0 Å². The summed E-state index contributed by atoms with van der Waals surface area (Å²) < 4.78 is 4.97. The van der Waals surface area contributed by atoms with E-state index in [-0.39, 0.29) is 18.7 Å². The molecule has 4 heteroatoms. The van der Waals surface area contributed by atoms with Gasteiger partial charge < -0.3 is 9.53 Å². The Kier molecular flexibility index (Phi) is 5.60. The predicted octanol–water partition coefficient (Wildman–Crippen LogP) is 1.61. The molecule has 0 aromatic rings. The molecule has 0 aliphatic heterocycles. The Labute approximate surface area is 84.5 Å². The number of ether oxygens (including phenoxy) is 1. The van der Waals surface area contributed by atoms with E-state index in [4.69, 9.17) is 4.74 Å². The molecule has 14 heavy (non-hydrogen) atoms. The summed E-state index contributed by atoms with van der Waals surface area (Å²) in [5, 5.41) is 0. The van der Waals surface area contributed by atoms with Gasteiger partial charge in [-0.15, -0.1) is 6.58 Å². The van der Waals surface area contributed by atoms with Crippen LogP contribution in [0.1, 0.15) is 20.8 Å². The Morgan fingerprint density at radius 2 is 2.07 bits per heavy atom. The number of aldehydes is 1. The first-order valence-electron chi connectivity index (χ1n) is 4.56. The maximum atomic E-state index is 11.4. The SMILES string of the molecule is C=CC(C)N(CC=O)C(=O)OC(C)C. The van der Waals surface area contributed by atoms with E-state index in [0.29, 0.717) is 6.29 Å². The van der Waals surface area contributed by atoms with E-state index >= 15 is 0 Å². The minimum atomic E-state index is -0.487.